The van der Waals surface area contributed by atoms with Crippen LogP contribution in [0.3, 0.4) is 0 Å². The van der Waals surface area contributed by atoms with Crippen LogP contribution in [0.5, 0.6) is 0 Å². The van der Waals surface area contributed by atoms with E-state index < -0.39 is 0 Å². The molecule has 3 aliphatic rings. The minimum absolute atomic E-state index is 0.0593. The highest BCUT2D eigenvalue weighted by Gasteiger charge is 2.41. The molecule has 0 unspecified atom stereocenters. The van der Waals surface area contributed by atoms with Crippen LogP contribution in [0.1, 0.15) is 36.5 Å². The molecule has 2 atom stereocenters. The van der Waals surface area contributed by atoms with E-state index in [2.05, 4.69) is 11.9 Å². The smallest absolute Gasteiger partial charge is 0.255 e. The summed E-state index contributed by atoms with van der Waals surface area (Å²) in [5.74, 6) is 0.493. The molecule has 0 spiro atoms. The van der Waals surface area contributed by atoms with Crippen LogP contribution in [0.2, 0.25) is 0 Å². The van der Waals surface area contributed by atoms with Gasteiger partial charge in [-0.05, 0) is 31.4 Å². The quantitative estimate of drug-likeness (QED) is 0.908. The second-order valence-corrected chi connectivity index (χ2v) is 6.14. The molecule has 0 saturated carbocycles. The first-order valence-electron chi connectivity index (χ1n) is 7.91. The lowest BCUT2D eigenvalue weighted by atomic mass is 9.94. The highest BCUT2D eigenvalue weighted by atomic mass is 16.2. The molecular weight excluding hydrogens is 280 g/mol. The lowest BCUT2D eigenvalue weighted by Gasteiger charge is -2.35. The van der Waals surface area contributed by atoms with Crippen LogP contribution in [-0.4, -0.2) is 52.3 Å². The molecule has 3 saturated heterocycles. The summed E-state index contributed by atoms with van der Waals surface area (Å²) in [6.45, 7) is 3.99. The molecule has 0 radical (unpaired) electrons. The third-order valence-corrected chi connectivity index (χ3v) is 4.58. The van der Waals surface area contributed by atoms with Crippen molar-refractivity contribution in [3.05, 3.63) is 23.9 Å². The SMILES string of the molecule is CCCN1C(=O)[C@@H]2CC[C@H]1CN(C(=O)c1ccc(N)nc1)C2. The molecule has 3 aliphatic heterocycles. The van der Waals surface area contributed by atoms with E-state index in [9.17, 15) is 9.59 Å². The van der Waals surface area contributed by atoms with Gasteiger partial charge in [-0.25, -0.2) is 4.98 Å². The summed E-state index contributed by atoms with van der Waals surface area (Å²) in [6.07, 6.45) is 4.33. The molecule has 6 heteroatoms. The zero-order valence-electron chi connectivity index (χ0n) is 12.9. The molecule has 118 valence electrons. The van der Waals surface area contributed by atoms with Gasteiger partial charge in [0.1, 0.15) is 5.82 Å². The Labute approximate surface area is 130 Å². The van der Waals surface area contributed by atoms with Crippen molar-refractivity contribution in [2.75, 3.05) is 25.4 Å². The summed E-state index contributed by atoms with van der Waals surface area (Å²) in [5, 5.41) is 0. The Morgan fingerprint density at radius 1 is 1.36 bits per heavy atom. The van der Waals surface area contributed by atoms with Gasteiger partial charge >= 0.3 is 0 Å². The Morgan fingerprint density at radius 3 is 2.86 bits per heavy atom. The number of nitrogens with two attached hydrogens (primary N) is 1. The number of hydrogen-bond acceptors (Lipinski definition) is 4. The van der Waals surface area contributed by atoms with Gasteiger partial charge in [0.05, 0.1) is 11.5 Å². The summed E-state index contributed by atoms with van der Waals surface area (Å²) in [7, 11) is 0. The van der Waals surface area contributed by atoms with Crippen LogP contribution in [0.15, 0.2) is 18.3 Å². The number of amides is 2. The minimum atomic E-state index is -0.0597. The molecule has 0 aromatic carbocycles. The number of piperidine rings is 1. The van der Waals surface area contributed by atoms with Crippen LogP contribution < -0.4 is 5.73 Å². The van der Waals surface area contributed by atoms with Gasteiger partial charge in [0.15, 0.2) is 0 Å². The Balaban J connectivity index is 1.80. The fourth-order valence-electron chi connectivity index (χ4n) is 3.46. The summed E-state index contributed by atoms with van der Waals surface area (Å²) >= 11 is 0. The second kappa shape index (κ2) is 5.94. The monoisotopic (exact) mass is 302 g/mol. The maximum absolute atomic E-state index is 12.7. The lowest BCUT2D eigenvalue weighted by molar-refractivity contribution is -0.139. The summed E-state index contributed by atoms with van der Waals surface area (Å²) in [6, 6.07) is 3.48. The minimum Gasteiger partial charge on any atom is -0.384 e. The Bertz CT molecular complexity index is 572. The number of nitrogen functional groups attached to an aromatic ring is 1. The molecule has 3 fully saturated rings. The standard InChI is InChI=1S/C16H22N4O2/c1-2-7-20-13-5-3-12(16(20)22)9-19(10-13)15(21)11-4-6-14(17)18-8-11/h4,6,8,12-13H,2-3,5,7,9-10H2,1H3,(H2,17,18)/t12-,13+/m1/s1. The summed E-state index contributed by atoms with van der Waals surface area (Å²) in [5.41, 5.74) is 6.10. The Morgan fingerprint density at radius 2 is 2.18 bits per heavy atom. The fourth-order valence-corrected chi connectivity index (χ4v) is 3.46. The second-order valence-electron chi connectivity index (χ2n) is 6.14. The number of carbonyl (C=O) groups excluding carboxylic acids is 2. The third kappa shape index (κ3) is 2.65. The van der Waals surface area contributed by atoms with E-state index in [-0.39, 0.29) is 23.8 Å². The van der Waals surface area contributed by atoms with Crippen LogP contribution >= 0.6 is 0 Å². The highest BCUT2D eigenvalue weighted by Crippen LogP contribution is 2.29. The summed E-state index contributed by atoms with van der Waals surface area (Å²) < 4.78 is 0. The molecule has 1 aromatic rings. The predicted molar refractivity (Wildman–Crippen MR) is 83.1 cm³/mol. The molecule has 6 nitrogen and oxygen atoms in total. The van der Waals surface area contributed by atoms with E-state index in [1.807, 2.05) is 9.80 Å². The Kier molecular flexibility index (Phi) is 4.00. The van der Waals surface area contributed by atoms with Gasteiger partial charge in [-0.1, -0.05) is 6.92 Å². The number of carbonyl (C=O) groups is 2. The van der Waals surface area contributed by atoms with E-state index in [4.69, 9.17) is 5.73 Å². The van der Waals surface area contributed by atoms with Gasteiger partial charge in [0, 0.05) is 31.9 Å². The highest BCUT2D eigenvalue weighted by molar-refractivity contribution is 5.95. The molecule has 1 aromatic heterocycles. The van der Waals surface area contributed by atoms with E-state index in [1.54, 1.807) is 12.1 Å². The van der Waals surface area contributed by atoms with Gasteiger partial charge in [-0.3, -0.25) is 9.59 Å². The van der Waals surface area contributed by atoms with Gasteiger partial charge in [-0.15, -0.1) is 0 Å². The van der Waals surface area contributed by atoms with Crippen molar-refractivity contribution in [1.82, 2.24) is 14.8 Å². The van der Waals surface area contributed by atoms with Gasteiger partial charge in [0.25, 0.3) is 5.91 Å². The first-order chi connectivity index (χ1) is 10.6. The third-order valence-electron chi connectivity index (χ3n) is 4.58. The van der Waals surface area contributed by atoms with Crippen molar-refractivity contribution in [2.24, 2.45) is 5.92 Å². The molecular formula is C16H22N4O2. The van der Waals surface area contributed by atoms with E-state index in [0.29, 0.717) is 24.5 Å². The molecule has 4 heterocycles. The van der Waals surface area contributed by atoms with Crippen molar-refractivity contribution in [2.45, 2.75) is 32.2 Å². The van der Waals surface area contributed by atoms with Gasteiger partial charge in [-0.2, -0.15) is 0 Å². The normalized spacial score (nSPS) is 24.5. The zero-order chi connectivity index (χ0) is 15.7. The molecule has 2 N–H and O–H groups in total. The zero-order valence-corrected chi connectivity index (χ0v) is 12.9. The number of aromatic nitrogens is 1. The van der Waals surface area contributed by atoms with Crippen molar-refractivity contribution in [1.29, 1.82) is 0 Å². The van der Waals surface area contributed by atoms with Crippen molar-refractivity contribution in [3.8, 4) is 0 Å². The maximum Gasteiger partial charge on any atom is 0.255 e. The number of rotatable bonds is 3. The molecule has 2 amide bonds. The van der Waals surface area contributed by atoms with E-state index in [1.165, 1.54) is 6.20 Å². The van der Waals surface area contributed by atoms with Gasteiger partial charge < -0.3 is 15.5 Å². The van der Waals surface area contributed by atoms with Crippen LogP contribution in [0, 0.1) is 5.92 Å². The molecule has 0 aliphatic carbocycles. The maximum atomic E-state index is 12.7. The number of fused-ring (bicyclic) bond motifs is 4. The van der Waals surface area contributed by atoms with E-state index >= 15 is 0 Å². The lowest BCUT2D eigenvalue weighted by Crippen LogP contribution is -2.48. The average Bonchev–Trinajstić information content (AvgIpc) is 2.80. The molecule has 22 heavy (non-hydrogen) atoms. The van der Waals surface area contributed by atoms with Gasteiger partial charge in [0.2, 0.25) is 5.91 Å². The predicted octanol–water partition coefficient (Wildman–Crippen LogP) is 1.14. The van der Waals surface area contributed by atoms with Crippen LogP contribution in [-0.2, 0) is 4.79 Å². The molecule has 4 rings (SSSR count). The first-order valence-corrected chi connectivity index (χ1v) is 7.91. The van der Waals surface area contributed by atoms with Crippen molar-refractivity contribution < 1.29 is 9.59 Å². The van der Waals surface area contributed by atoms with Crippen LogP contribution in [0.4, 0.5) is 5.82 Å². The largest absolute Gasteiger partial charge is 0.384 e. The Hall–Kier alpha value is -2.11. The summed E-state index contributed by atoms with van der Waals surface area (Å²) in [4.78, 5) is 32.9. The number of anilines is 1. The number of hydrogen-bond donors (Lipinski definition) is 1. The number of nitrogens with zero attached hydrogens (tertiary/aromatic N) is 3. The van der Waals surface area contributed by atoms with Crippen molar-refractivity contribution in [3.63, 3.8) is 0 Å². The number of pyridine rings is 1. The fraction of sp³-hybridized carbons (Fsp3) is 0.562. The van der Waals surface area contributed by atoms with Crippen molar-refractivity contribution >= 4 is 17.6 Å². The van der Waals surface area contributed by atoms with E-state index in [0.717, 1.165) is 25.8 Å². The topological polar surface area (TPSA) is 79.5 Å². The van der Waals surface area contributed by atoms with Crippen LogP contribution in [0.25, 0.3) is 0 Å². The average molecular weight is 302 g/mol. The first kappa shape index (κ1) is 14.8. The molecule has 2 bridgehead atoms.